The van der Waals surface area contributed by atoms with Gasteiger partial charge >= 0.3 is 0 Å². The Kier molecular flexibility index (Phi) is 8.98. The number of hydrogen-bond acceptors (Lipinski definition) is 5. The summed E-state index contributed by atoms with van der Waals surface area (Å²) < 4.78 is 5.73. The number of nitrogens with zero attached hydrogens (tertiary/aromatic N) is 2. The largest absolute Gasteiger partial charge is 0.451 e. The number of furan rings is 1. The zero-order valence-corrected chi connectivity index (χ0v) is 24.8. The number of thiocarbonyl (C=S) groups is 1. The van der Waals surface area contributed by atoms with Crippen molar-refractivity contribution in [3.05, 3.63) is 105 Å². The summed E-state index contributed by atoms with van der Waals surface area (Å²) in [5.74, 6) is 0.218. The number of carbonyl (C=O) groups excluding carboxylic acids is 1. The van der Waals surface area contributed by atoms with Gasteiger partial charge in [-0.25, -0.2) is 0 Å². The molecule has 206 valence electrons. The average molecular weight is 614 g/mol. The highest BCUT2D eigenvalue weighted by Crippen LogP contribution is 2.30. The van der Waals surface area contributed by atoms with Gasteiger partial charge in [-0.3, -0.25) is 15.0 Å². The predicted molar refractivity (Wildman–Crippen MR) is 168 cm³/mol. The van der Waals surface area contributed by atoms with Gasteiger partial charge in [0.05, 0.1) is 10.7 Å². The van der Waals surface area contributed by atoms with Crippen molar-refractivity contribution < 1.29 is 9.21 Å². The molecule has 1 aliphatic rings. The van der Waals surface area contributed by atoms with Crippen molar-refractivity contribution in [1.82, 2.24) is 10.2 Å². The van der Waals surface area contributed by atoms with E-state index in [2.05, 4.69) is 26.5 Å². The number of nitrogens with one attached hydrogen (secondary N) is 2. The molecule has 0 atom stereocenters. The molecule has 4 aromatic rings. The topological polar surface area (TPSA) is 60.8 Å². The molecule has 0 saturated carbocycles. The summed E-state index contributed by atoms with van der Waals surface area (Å²) in [6.45, 7) is 6.27. The normalized spacial score (nSPS) is 13.8. The smallest absolute Gasteiger partial charge is 0.293 e. The highest BCUT2D eigenvalue weighted by molar-refractivity contribution is 7.80. The summed E-state index contributed by atoms with van der Waals surface area (Å²) in [4.78, 5) is 17.4. The molecule has 1 saturated heterocycles. The molecule has 2 heterocycles. The molecule has 0 unspecified atom stereocenters. The molecule has 10 heteroatoms. The molecule has 2 N–H and O–H groups in total. The van der Waals surface area contributed by atoms with Gasteiger partial charge in [-0.05, 0) is 72.7 Å². The van der Waals surface area contributed by atoms with Crippen molar-refractivity contribution in [3.63, 3.8) is 0 Å². The number of hydrogen-bond donors (Lipinski definition) is 2. The Morgan fingerprint density at radius 1 is 0.900 bits per heavy atom. The van der Waals surface area contributed by atoms with E-state index in [1.54, 1.807) is 24.3 Å². The molecule has 3 aromatic carbocycles. The van der Waals surface area contributed by atoms with Gasteiger partial charge in [0.15, 0.2) is 10.9 Å². The Bertz CT molecular complexity index is 1550. The zero-order valence-electron chi connectivity index (χ0n) is 21.7. The van der Waals surface area contributed by atoms with Crippen LogP contribution in [-0.2, 0) is 6.54 Å². The van der Waals surface area contributed by atoms with Crippen LogP contribution in [0.15, 0.2) is 77.2 Å². The van der Waals surface area contributed by atoms with Crippen LogP contribution in [0.4, 0.5) is 11.4 Å². The standard InChI is InChI=1S/C30H27Cl3N4O2S/c1-19-6-7-20(16-24(19)32)27-10-11-28(39-27)29(38)35-30(40)34-22-8-9-26(25(33)17-22)37-14-12-36(13-15-37)18-21-4-2-3-5-23(21)31/h2-11,16-17H,12-15,18H2,1H3,(H2,34,35,38,40). The summed E-state index contributed by atoms with van der Waals surface area (Å²) in [6.07, 6.45) is 0. The molecule has 0 bridgehead atoms. The first-order chi connectivity index (χ1) is 19.3. The SMILES string of the molecule is Cc1ccc(-c2ccc(C(=O)NC(=S)Nc3ccc(N4CCN(Cc5ccccc5Cl)CC4)c(Cl)c3)o2)cc1Cl. The first-order valence-corrected chi connectivity index (χ1v) is 14.3. The summed E-state index contributed by atoms with van der Waals surface area (Å²) in [5, 5.41) is 7.84. The molecule has 0 spiro atoms. The van der Waals surface area contributed by atoms with Crippen LogP contribution >= 0.6 is 47.0 Å². The fourth-order valence-electron chi connectivity index (χ4n) is 4.54. The molecule has 1 aromatic heterocycles. The Labute approximate surface area is 253 Å². The summed E-state index contributed by atoms with van der Waals surface area (Å²) in [7, 11) is 0. The second-order valence-corrected chi connectivity index (χ2v) is 11.2. The Hall–Kier alpha value is -3.07. The van der Waals surface area contributed by atoms with Gasteiger partial charge < -0.3 is 14.6 Å². The molecule has 1 aliphatic heterocycles. The van der Waals surface area contributed by atoms with Crippen molar-refractivity contribution in [2.45, 2.75) is 13.5 Å². The minimum absolute atomic E-state index is 0.137. The van der Waals surface area contributed by atoms with E-state index in [0.717, 1.165) is 60.1 Å². The predicted octanol–water partition coefficient (Wildman–Crippen LogP) is 7.66. The number of benzene rings is 3. The summed E-state index contributed by atoms with van der Waals surface area (Å²) in [5.41, 5.74) is 4.52. The van der Waals surface area contributed by atoms with Gasteiger partial charge in [0.2, 0.25) is 0 Å². The van der Waals surface area contributed by atoms with Gasteiger partial charge in [-0.1, -0.05) is 65.1 Å². The molecule has 40 heavy (non-hydrogen) atoms. The van der Waals surface area contributed by atoms with Crippen LogP contribution in [0.1, 0.15) is 21.7 Å². The van der Waals surface area contributed by atoms with Crippen LogP contribution in [0.3, 0.4) is 0 Å². The van der Waals surface area contributed by atoms with E-state index in [1.165, 1.54) is 0 Å². The number of halogens is 3. The average Bonchev–Trinajstić information content (AvgIpc) is 3.43. The van der Waals surface area contributed by atoms with E-state index in [-0.39, 0.29) is 10.9 Å². The Balaban J connectivity index is 1.14. The first kappa shape index (κ1) is 28.5. The fraction of sp³-hybridized carbons (Fsp3) is 0.200. The Morgan fingerprint density at radius 3 is 2.40 bits per heavy atom. The van der Waals surface area contributed by atoms with E-state index in [4.69, 9.17) is 51.4 Å². The number of anilines is 2. The number of aryl methyl sites for hydroxylation is 1. The van der Waals surface area contributed by atoms with Crippen LogP contribution in [0.2, 0.25) is 15.1 Å². The highest BCUT2D eigenvalue weighted by atomic mass is 35.5. The van der Waals surface area contributed by atoms with E-state index >= 15 is 0 Å². The molecular formula is C30H27Cl3N4O2S. The van der Waals surface area contributed by atoms with Crippen molar-refractivity contribution >= 4 is 69.4 Å². The van der Waals surface area contributed by atoms with Crippen LogP contribution in [0.5, 0.6) is 0 Å². The molecule has 0 aliphatic carbocycles. The molecule has 1 amide bonds. The van der Waals surface area contributed by atoms with Crippen molar-refractivity contribution in [3.8, 4) is 11.3 Å². The minimum atomic E-state index is -0.459. The lowest BCUT2D eigenvalue weighted by Crippen LogP contribution is -2.46. The molecule has 6 nitrogen and oxygen atoms in total. The van der Waals surface area contributed by atoms with Crippen LogP contribution in [-0.4, -0.2) is 42.1 Å². The molecular weight excluding hydrogens is 587 g/mol. The van der Waals surface area contributed by atoms with Crippen LogP contribution in [0, 0.1) is 6.92 Å². The minimum Gasteiger partial charge on any atom is -0.451 e. The Morgan fingerprint density at radius 2 is 1.68 bits per heavy atom. The molecule has 0 radical (unpaired) electrons. The lowest BCUT2D eigenvalue weighted by atomic mass is 10.1. The number of rotatable bonds is 6. The van der Waals surface area contributed by atoms with Gasteiger partial charge in [0.1, 0.15) is 5.76 Å². The first-order valence-electron chi connectivity index (χ1n) is 12.8. The van der Waals surface area contributed by atoms with E-state index in [9.17, 15) is 4.79 Å². The number of amides is 1. The van der Waals surface area contributed by atoms with Gasteiger partial charge in [-0.2, -0.15) is 0 Å². The van der Waals surface area contributed by atoms with E-state index in [1.807, 2.05) is 49.4 Å². The third-order valence-electron chi connectivity index (χ3n) is 6.78. The van der Waals surface area contributed by atoms with E-state index in [0.29, 0.717) is 21.5 Å². The lowest BCUT2D eigenvalue weighted by molar-refractivity contribution is 0.0951. The second-order valence-electron chi connectivity index (χ2n) is 9.56. The fourth-order valence-corrected chi connectivity index (χ4v) is 5.43. The van der Waals surface area contributed by atoms with Gasteiger partial charge in [0.25, 0.3) is 5.91 Å². The lowest BCUT2D eigenvalue weighted by Gasteiger charge is -2.36. The highest BCUT2D eigenvalue weighted by Gasteiger charge is 2.20. The van der Waals surface area contributed by atoms with Crippen molar-refractivity contribution in [2.24, 2.45) is 0 Å². The quantitative estimate of drug-likeness (QED) is 0.218. The number of piperazine rings is 1. The zero-order chi connectivity index (χ0) is 28.2. The van der Waals surface area contributed by atoms with Gasteiger partial charge in [0, 0.05) is 54.0 Å². The summed E-state index contributed by atoms with van der Waals surface area (Å²) >= 11 is 24.5. The third-order valence-corrected chi connectivity index (χ3v) is 8.07. The maximum absolute atomic E-state index is 12.7. The van der Waals surface area contributed by atoms with E-state index < -0.39 is 5.91 Å². The van der Waals surface area contributed by atoms with Crippen LogP contribution < -0.4 is 15.5 Å². The second kappa shape index (κ2) is 12.6. The van der Waals surface area contributed by atoms with Crippen molar-refractivity contribution in [2.75, 3.05) is 36.4 Å². The summed E-state index contributed by atoms with van der Waals surface area (Å²) in [6, 6.07) is 22.5. The maximum Gasteiger partial charge on any atom is 0.293 e. The molecule has 5 rings (SSSR count). The molecule has 1 fully saturated rings. The third kappa shape index (κ3) is 6.79. The maximum atomic E-state index is 12.7. The van der Waals surface area contributed by atoms with Crippen LogP contribution in [0.25, 0.3) is 11.3 Å². The monoisotopic (exact) mass is 612 g/mol. The van der Waals surface area contributed by atoms with Crippen molar-refractivity contribution in [1.29, 1.82) is 0 Å². The number of carbonyl (C=O) groups is 1. The van der Waals surface area contributed by atoms with Gasteiger partial charge in [-0.15, -0.1) is 0 Å².